The van der Waals surface area contributed by atoms with E-state index in [1.807, 2.05) is 0 Å². The molecule has 0 saturated carbocycles. The molecule has 0 aliphatic rings. The quantitative estimate of drug-likeness (QED) is 0.241. The Bertz CT molecular complexity index is 378. The minimum Gasteiger partial charge on any atom is -1.00 e. The van der Waals surface area contributed by atoms with Gasteiger partial charge < -0.3 is 11.4 Å². The number of carboxylic acids is 1. The third kappa shape index (κ3) is 20.0. The van der Waals surface area contributed by atoms with Crippen molar-refractivity contribution in [1.29, 1.82) is 0 Å². The molecule has 0 aromatic heterocycles. The summed E-state index contributed by atoms with van der Waals surface area (Å²) in [5, 5.41) is 8.64. The van der Waals surface area contributed by atoms with Gasteiger partial charge in [-0.3, -0.25) is 9.59 Å². The topological polar surface area (TPSA) is 57.6 Å². The maximum Gasteiger partial charge on any atom is 1.00 e. The van der Waals surface area contributed by atoms with Crippen molar-refractivity contribution >= 4 is 11.9 Å². The van der Waals surface area contributed by atoms with Crippen LogP contribution in [-0.2, 0) is 9.59 Å². The summed E-state index contributed by atoms with van der Waals surface area (Å²) in [5.41, 5.74) is 0. The summed E-state index contributed by atoms with van der Waals surface area (Å²) in [6, 6.07) is 0. The molecule has 0 aliphatic carbocycles. The Kier molecular flexibility index (Phi) is 22.5. The maximum atomic E-state index is 11.7. The van der Waals surface area contributed by atoms with Crippen molar-refractivity contribution in [1.82, 2.24) is 4.90 Å². The maximum absolute atomic E-state index is 11.7. The third-order valence-electron chi connectivity index (χ3n) is 4.45. The van der Waals surface area contributed by atoms with Crippen LogP contribution in [0.25, 0.3) is 0 Å². The zero-order chi connectivity index (χ0) is 18.8. The number of hydrogen-bond donors (Lipinski definition) is 1. The van der Waals surface area contributed by atoms with Gasteiger partial charge in [0.1, 0.15) is 6.54 Å². The molecule has 0 atom stereocenters. The molecular formula is C21H40NNaO3. The molecule has 0 fully saturated rings. The van der Waals surface area contributed by atoms with Gasteiger partial charge in [0.25, 0.3) is 0 Å². The number of hydrogen-bond acceptors (Lipinski definition) is 2. The van der Waals surface area contributed by atoms with Crippen LogP contribution in [0.3, 0.4) is 0 Å². The van der Waals surface area contributed by atoms with Crippen LogP contribution in [0.2, 0.25) is 0 Å². The fourth-order valence-corrected chi connectivity index (χ4v) is 2.83. The summed E-state index contributed by atoms with van der Waals surface area (Å²) in [5.74, 6) is -1.02. The summed E-state index contributed by atoms with van der Waals surface area (Å²) in [6.45, 7) is 2.04. The SMILES string of the molecule is CCCCCC/C=C\CCCCCCCCCC(=O)N(C)CC(=O)O.[H-].[Na+]. The van der Waals surface area contributed by atoms with Crippen LogP contribution < -0.4 is 29.6 Å². The van der Waals surface area contributed by atoms with E-state index < -0.39 is 5.97 Å². The predicted octanol–water partition coefficient (Wildman–Crippen LogP) is 2.68. The van der Waals surface area contributed by atoms with Crippen molar-refractivity contribution < 1.29 is 45.7 Å². The second-order valence-corrected chi connectivity index (χ2v) is 6.98. The smallest absolute Gasteiger partial charge is 1.00 e. The Labute approximate surface area is 184 Å². The first-order chi connectivity index (χ1) is 12.1. The molecule has 0 aromatic carbocycles. The van der Waals surface area contributed by atoms with Crippen molar-refractivity contribution in [2.24, 2.45) is 0 Å². The number of carbonyl (C=O) groups excluding carboxylic acids is 1. The average molecular weight is 378 g/mol. The van der Waals surface area contributed by atoms with E-state index in [1.165, 1.54) is 75.5 Å². The van der Waals surface area contributed by atoms with Crippen molar-refractivity contribution in [3.8, 4) is 0 Å². The first-order valence-electron chi connectivity index (χ1n) is 10.2. The van der Waals surface area contributed by atoms with Gasteiger partial charge in [-0.1, -0.05) is 70.4 Å². The Morgan fingerprint density at radius 3 is 1.81 bits per heavy atom. The molecule has 148 valence electrons. The molecule has 0 radical (unpaired) electrons. The van der Waals surface area contributed by atoms with Gasteiger partial charge in [0.05, 0.1) is 0 Å². The second-order valence-electron chi connectivity index (χ2n) is 6.98. The zero-order valence-corrected chi connectivity index (χ0v) is 19.5. The van der Waals surface area contributed by atoms with E-state index >= 15 is 0 Å². The van der Waals surface area contributed by atoms with E-state index in [0.29, 0.717) is 6.42 Å². The molecule has 5 heteroatoms. The van der Waals surface area contributed by atoms with Gasteiger partial charge in [0.15, 0.2) is 0 Å². The summed E-state index contributed by atoms with van der Waals surface area (Å²) >= 11 is 0. The number of unbranched alkanes of at least 4 members (excludes halogenated alkanes) is 11. The molecule has 1 N–H and O–H groups in total. The number of amides is 1. The Morgan fingerprint density at radius 1 is 0.846 bits per heavy atom. The Hall–Kier alpha value is -0.320. The van der Waals surface area contributed by atoms with E-state index in [4.69, 9.17) is 5.11 Å². The number of likely N-dealkylation sites (N-methyl/N-ethyl adjacent to an activating group) is 1. The largest absolute Gasteiger partial charge is 1.00 e. The first-order valence-corrected chi connectivity index (χ1v) is 10.2. The standard InChI is InChI=1S/C21H39NO3.Na.H/c1-3-4-5-6-7-8-9-10-11-12-13-14-15-16-17-18-20(23)22(2)19-21(24)25;;/h8-9H,3-7,10-19H2,1-2H3,(H,24,25);;/q;+1;-1/b9-8-;;. The molecule has 0 heterocycles. The Morgan fingerprint density at radius 2 is 1.31 bits per heavy atom. The molecule has 0 bridgehead atoms. The number of aliphatic carboxylic acids is 1. The van der Waals surface area contributed by atoms with Gasteiger partial charge in [-0.25, -0.2) is 0 Å². The van der Waals surface area contributed by atoms with E-state index in [1.54, 1.807) is 7.05 Å². The fraction of sp³-hybridized carbons (Fsp3) is 0.810. The normalized spacial score (nSPS) is 10.7. The monoisotopic (exact) mass is 377 g/mol. The van der Waals surface area contributed by atoms with Gasteiger partial charge in [-0.05, 0) is 32.1 Å². The van der Waals surface area contributed by atoms with Crippen molar-refractivity contribution in [2.45, 2.75) is 96.8 Å². The number of rotatable bonds is 17. The van der Waals surface area contributed by atoms with E-state index in [0.717, 1.165) is 12.8 Å². The van der Waals surface area contributed by atoms with Gasteiger partial charge in [0.2, 0.25) is 5.91 Å². The molecule has 0 spiro atoms. The van der Waals surface area contributed by atoms with Crippen LogP contribution in [0, 0.1) is 0 Å². The third-order valence-corrected chi connectivity index (χ3v) is 4.45. The van der Waals surface area contributed by atoms with Crippen molar-refractivity contribution in [2.75, 3.05) is 13.6 Å². The van der Waals surface area contributed by atoms with Gasteiger partial charge in [-0.2, -0.15) is 0 Å². The van der Waals surface area contributed by atoms with E-state index in [-0.39, 0.29) is 43.4 Å². The van der Waals surface area contributed by atoms with E-state index in [9.17, 15) is 9.59 Å². The minimum atomic E-state index is -0.956. The number of carboxylic acid groups (broad SMARTS) is 1. The minimum absolute atomic E-state index is 0. The van der Waals surface area contributed by atoms with Gasteiger partial charge >= 0.3 is 35.5 Å². The zero-order valence-electron chi connectivity index (χ0n) is 18.5. The molecular weight excluding hydrogens is 337 g/mol. The molecule has 0 rings (SSSR count). The summed E-state index contributed by atoms with van der Waals surface area (Å²) in [6.07, 6.45) is 21.1. The van der Waals surface area contributed by atoms with Crippen molar-refractivity contribution in [3.63, 3.8) is 0 Å². The molecule has 0 unspecified atom stereocenters. The molecule has 0 aliphatic heterocycles. The van der Waals surface area contributed by atoms with Gasteiger partial charge in [0, 0.05) is 13.5 Å². The van der Waals surface area contributed by atoms with Crippen molar-refractivity contribution in [3.05, 3.63) is 12.2 Å². The molecule has 0 aromatic rings. The van der Waals surface area contributed by atoms with E-state index in [2.05, 4.69) is 19.1 Å². The predicted molar refractivity (Wildman–Crippen MR) is 106 cm³/mol. The first kappa shape index (κ1) is 27.9. The fourth-order valence-electron chi connectivity index (χ4n) is 2.83. The molecule has 0 saturated heterocycles. The van der Waals surface area contributed by atoms with Gasteiger partial charge in [-0.15, -0.1) is 0 Å². The molecule has 26 heavy (non-hydrogen) atoms. The Balaban J connectivity index is -0.00000288. The molecule has 1 amide bonds. The number of allylic oxidation sites excluding steroid dienone is 2. The molecule has 4 nitrogen and oxygen atoms in total. The number of nitrogens with zero attached hydrogens (tertiary/aromatic N) is 1. The van der Waals surface area contributed by atoms with Crippen LogP contribution in [0.15, 0.2) is 12.2 Å². The summed E-state index contributed by atoms with van der Waals surface area (Å²) < 4.78 is 0. The van der Waals surface area contributed by atoms with Crippen LogP contribution in [-0.4, -0.2) is 35.5 Å². The average Bonchev–Trinajstić information content (AvgIpc) is 2.57. The van der Waals surface area contributed by atoms with Crippen LogP contribution in [0.4, 0.5) is 0 Å². The summed E-state index contributed by atoms with van der Waals surface area (Å²) in [7, 11) is 1.55. The van der Waals surface area contributed by atoms with Crippen LogP contribution in [0.5, 0.6) is 0 Å². The summed E-state index contributed by atoms with van der Waals surface area (Å²) in [4.78, 5) is 23.5. The number of carbonyl (C=O) groups is 2. The van der Waals surface area contributed by atoms with Crippen LogP contribution in [0.1, 0.15) is 98.2 Å². The van der Waals surface area contributed by atoms with Crippen LogP contribution >= 0.6 is 0 Å². The second kappa shape index (κ2) is 21.0.